The van der Waals surface area contributed by atoms with E-state index in [1.165, 1.54) is 90.3 Å². The van der Waals surface area contributed by atoms with Gasteiger partial charge in [0.1, 0.15) is 0 Å². The average Bonchev–Trinajstić information content (AvgIpc) is 3.34. The molecule has 1 saturated heterocycles. The Hall–Kier alpha value is -0.830. The van der Waals surface area contributed by atoms with Crippen molar-refractivity contribution in [1.29, 1.82) is 0 Å². The van der Waals surface area contributed by atoms with E-state index in [0.717, 1.165) is 12.8 Å². The van der Waals surface area contributed by atoms with Gasteiger partial charge in [0, 0.05) is 19.5 Å². The highest BCUT2D eigenvalue weighted by molar-refractivity contribution is 5.66. The molecule has 0 spiro atoms. The second kappa shape index (κ2) is 14.7. The van der Waals surface area contributed by atoms with Crippen LogP contribution in [0.3, 0.4) is 0 Å². The van der Waals surface area contributed by atoms with E-state index >= 15 is 0 Å². The van der Waals surface area contributed by atoms with Gasteiger partial charge >= 0.3 is 5.97 Å². The van der Waals surface area contributed by atoms with Gasteiger partial charge in [0.05, 0.1) is 0 Å². The third-order valence-corrected chi connectivity index (χ3v) is 4.56. The van der Waals surface area contributed by atoms with E-state index in [-0.39, 0.29) is 0 Å². The molecular formula is C20H37NO2. The van der Waals surface area contributed by atoms with Crippen molar-refractivity contribution in [3.05, 3.63) is 12.2 Å². The number of nitrogens with zero attached hydrogens (tertiary/aromatic N) is 1. The van der Waals surface area contributed by atoms with Crippen LogP contribution < -0.4 is 0 Å². The van der Waals surface area contributed by atoms with Crippen LogP contribution in [-0.4, -0.2) is 35.6 Å². The van der Waals surface area contributed by atoms with E-state index in [2.05, 4.69) is 17.1 Å². The van der Waals surface area contributed by atoms with E-state index in [1.807, 2.05) is 0 Å². The van der Waals surface area contributed by atoms with Crippen LogP contribution in [0, 0.1) is 0 Å². The zero-order valence-corrected chi connectivity index (χ0v) is 15.0. The minimum atomic E-state index is -0.663. The van der Waals surface area contributed by atoms with Crippen LogP contribution in [0.15, 0.2) is 12.2 Å². The summed E-state index contributed by atoms with van der Waals surface area (Å²) in [6.07, 6.45) is 21.4. The molecule has 0 amide bonds. The third kappa shape index (κ3) is 15.8. The molecule has 0 atom stereocenters. The minimum Gasteiger partial charge on any atom is -0.481 e. The van der Waals surface area contributed by atoms with E-state index in [0.29, 0.717) is 6.42 Å². The lowest BCUT2D eigenvalue weighted by Crippen LogP contribution is -1.98. The number of carbonyl (C=O) groups is 1. The first kappa shape index (κ1) is 20.2. The van der Waals surface area contributed by atoms with Crippen molar-refractivity contribution in [2.24, 2.45) is 0 Å². The van der Waals surface area contributed by atoms with Crippen molar-refractivity contribution in [1.82, 2.24) is 4.90 Å². The second-order valence-electron chi connectivity index (χ2n) is 6.92. The fourth-order valence-electron chi connectivity index (χ4n) is 2.90. The summed E-state index contributed by atoms with van der Waals surface area (Å²) >= 11 is 0. The molecule has 0 bridgehead atoms. The molecule has 3 heteroatoms. The van der Waals surface area contributed by atoms with Crippen molar-refractivity contribution < 1.29 is 9.90 Å². The quantitative estimate of drug-likeness (QED) is 0.221. The molecule has 0 aromatic heterocycles. The first-order valence-corrected chi connectivity index (χ1v) is 9.88. The Morgan fingerprint density at radius 1 is 0.739 bits per heavy atom. The number of aliphatic carboxylic acids is 1. The molecule has 134 valence electrons. The van der Waals surface area contributed by atoms with Crippen molar-refractivity contribution in [2.75, 3.05) is 19.6 Å². The van der Waals surface area contributed by atoms with Crippen molar-refractivity contribution >= 4 is 5.97 Å². The predicted molar refractivity (Wildman–Crippen MR) is 97.9 cm³/mol. The molecule has 1 rings (SSSR count). The molecule has 1 aliphatic rings. The molecule has 1 aliphatic heterocycles. The molecule has 23 heavy (non-hydrogen) atoms. The second-order valence-corrected chi connectivity index (χ2v) is 6.92. The van der Waals surface area contributed by atoms with Crippen molar-refractivity contribution in [2.45, 2.75) is 89.9 Å². The number of hydrogen-bond donors (Lipinski definition) is 1. The normalized spacial score (nSPS) is 14.6. The average molecular weight is 324 g/mol. The summed E-state index contributed by atoms with van der Waals surface area (Å²) in [4.78, 5) is 12.9. The Morgan fingerprint density at radius 3 is 1.74 bits per heavy atom. The summed E-state index contributed by atoms with van der Waals surface area (Å²) in [5, 5.41) is 8.54. The monoisotopic (exact) mass is 323 g/mol. The molecule has 1 fully saturated rings. The van der Waals surface area contributed by atoms with Gasteiger partial charge in [-0.05, 0) is 45.1 Å². The maximum atomic E-state index is 10.4. The zero-order chi connectivity index (χ0) is 16.6. The van der Waals surface area contributed by atoms with Gasteiger partial charge in [-0.1, -0.05) is 57.1 Å². The van der Waals surface area contributed by atoms with Crippen LogP contribution >= 0.6 is 0 Å². The lowest BCUT2D eigenvalue weighted by atomic mass is 10.1. The van der Waals surface area contributed by atoms with E-state index in [4.69, 9.17) is 5.11 Å². The maximum absolute atomic E-state index is 10.4. The molecule has 0 aliphatic carbocycles. The topological polar surface area (TPSA) is 40.3 Å². The summed E-state index contributed by atoms with van der Waals surface area (Å²) < 4.78 is 0. The number of hydrogen-bond acceptors (Lipinski definition) is 2. The molecule has 1 N–H and O–H groups in total. The number of rotatable bonds is 17. The molecule has 0 aromatic rings. The molecule has 0 aromatic carbocycles. The fraction of sp³-hybridized carbons (Fsp3) is 0.850. The van der Waals surface area contributed by atoms with E-state index < -0.39 is 5.97 Å². The predicted octanol–water partition coefficient (Wildman–Crippen LogP) is 5.40. The van der Waals surface area contributed by atoms with Crippen LogP contribution in [0.5, 0.6) is 0 Å². The van der Waals surface area contributed by atoms with Crippen molar-refractivity contribution in [3.8, 4) is 0 Å². The number of carboxylic acids is 1. The lowest BCUT2D eigenvalue weighted by molar-refractivity contribution is -0.137. The summed E-state index contributed by atoms with van der Waals surface area (Å²) in [6.45, 7) is 4.02. The summed E-state index contributed by atoms with van der Waals surface area (Å²) in [6, 6.07) is 0. The van der Waals surface area contributed by atoms with Gasteiger partial charge in [-0.25, -0.2) is 0 Å². The molecule has 0 radical (unpaired) electrons. The van der Waals surface area contributed by atoms with Gasteiger partial charge in [0.15, 0.2) is 0 Å². The highest BCUT2D eigenvalue weighted by atomic mass is 16.4. The van der Waals surface area contributed by atoms with E-state index in [1.54, 1.807) is 0 Å². The van der Waals surface area contributed by atoms with Crippen LogP contribution in [0.25, 0.3) is 0 Å². The number of allylic oxidation sites excluding steroid dienone is 2. The minimum absolute atomic E-state index is 0.332. The largest absolute Gasteiger partial charge is 0.481 e. The Bertz CT molecular complexity index is 311. The van der Waals surface area contributed by atoms with Gasteiger partial charge < -0.3 is 10.0 Å². The molecular weight excluding hydrogens is 286 g/mol. The highest BCUT2D eigenvalue weighted by Gasteiger charge is 2.14. The standard InChI is InChI=1S/C20H37NO2/c22-20(23)16-14-12-10-8-6-4-2-1-3-5-7-9-11-13-15-17-21-18-19-21/h1-2H,3-19H2,(H,22,23)/b2-1-. The summed E-state index contributed by atoms with van der Waals surface area (Å²) in [5.74, 6) is -0.663. The fourth-order valence-corrected chi connectivity index (χ4v) is 2.90. The van der Waals surface area contributed by atoms with Crippen molar-refractivity contribution in [3.63, 3.8) is 0 Å². The van der Waals surface area contributed by atoms with Gasteiger partial charge in [0.25, 0.3) is 0 Å². The lowest BCUT2D eigenvalue weighted by Gasteiger charge is -2.01. The van der Waals surface area contributed by atoms with Gasteiger partial charge in [-0.15, -0.1) is 0 Å². The highest BCUT2D eigenvalue weighted by Crippen LogP contribution is 2.11. The molecule has 0 unspecified atom stereocenters. The van der Waals surface area contributed by atoms with E-state index in [9.17, 15) is 4.79 Å². The zero-order valence-electron chi connectivity index (χ0n) is 15.0. The summed E-state index contributed by atoms with van der Waals surface area (Å²) in [7, 11) is 0. The Morgan fingerprint density at radius 2 is 1.22 bits per heavy atom. The summed E-state index contributed by atoms with van der Waals surface area (Å²) in [5.41, 5.74) is 0. The van der Waals surface area contributed by atoms with Gasteiger partial charge in [-0.2, -0.15) is 0 Å². The first-order chi connectivity index (χ1) is 11.3. The maximum Gasteiger partial charge on any atom is 0.303 e. The molecule has 1 heterocycles. The van der Waals surface area contributed by atoms with Gasteiger partial charge in [0.2, 0.25) is 0 Å². The molecule has 3 nitrogen and oxygen atoms in total. The number of carboxylic acid groups (broad SMARTS) is 1. The van der Waals surface area contributed by atoms with Crippen LogP contribution in [0.4, 0.5) is 0 Å². The van der Waals surface area contributed by atoms with Crippen LogP contribution in [-0.2, 0) is 4.79 Å². The number of unbranched alkanes of at least 4 members (excludes halogenated alkanes) is 11. The van der Waals surface area contributed by atoms with Gasteiger partial charge in [-0.3, -0.25) is 4.79 Å². The first-order valence-electron chi connectivity index (χ1n) is 9.88. The molecule has 0 saturated carbocycles. The SMILES string of the molecule is O=C(O)CCCCCCC/C=C\CCCCCCCCN1CC1. The Balaban J connectivity index is 1.67. The smallest absolute Gasteiger partial charge is 0.303 e. The Kier molecular flexibility index (Phi) is 13.0. The van der Waals surface area contributed by atoms with Crippen LogP contribution in [0.1, 0.15) is 89.9 Å². The Labute approximate surface area is 143 Å². The third-order valence-electron chi connectivity index (χ3n) is 4.56. The van der Waals surface area contributed by atoms with Crippen LogP contribution in [0.2, 0.25) is 0 Å².